The number of nitrogens with two attached hydrogens (primary N) is 1. The van der Waals surface area contributed by atoms with Crippen molar-refractivity contribution in [3.05, 3.63) is 24.1 Å². The van der Waals surface area contributed by atoms with Crippen LogP contribution in [0.2, 0.25) is 0 Å². The first-order chi connectivity index (χ1) is 8.22. The van der Waals surface area contributed by atoms with Gasteiger partial charge in [-0.05, 0) is 49.8 Å². The molecule has 1 aromatic carbocycles. The van der Waals surface area contributed by atoms with Gasteiger partial charge in [0.15, 0.2) is 11.5 Å². The number of hydrogen-bond acceptors (Lipinski definition) is 3. The molecule has 1 aliphatic carbocycles. The van der Waals surface area contributed by atoms with Crippen LogP contribution in [0, 0.1) is 5.92 Å². The van der Waals surface area contributed by atoms with E-state index in [9.17, 15) is 0 Å². The maximum atomic E-state index is 5.83. The minimum Gasteiger partial charge on any atom is -0.440 e. The van der Waals surface area contributed by atoms with Crippen molar-refractivity contribution in [2.24, 2.45) is 5.92 Å². The number of benzene rings is 1. The van der Waals surface area contributed by atoms with E-state index in [-0.39, 0.29) is 0 Å². The van der Waals surface area contributed by atoms with Gasteiger partial charge in [0.1, 0.15) is 5.52 Å². The Morgan fingerprint density at radius 3 is 2.76 bits per heavy atom. The fourth-order valence-electron chi connectivity index (χ4n) is 2.64. The van der Waals surface area contributed by atoms with Crippen molar-refractivity contribution in [2.75, 3.05) is 5.73 Å². The molecule has 1 aliphatic rings. The Morgan fingerprint density at radius 2 is 2.00 bits per heavy atom. The smallest absolute Gasteiger partial charge is 0.198 e. The van der Waals surface area contributed by atoms with Crippen LogP contribution in [0.1, 0.15) is 44.4 Å². The summed E-state index contributed by atoms with van der Waals surface area (Å²) in [4.78, 5) is 4.58. The third-order valence-corrected chi connectivity index (χ3v) is 3.79. The summed E-state index contributed by atoms with van der Waals surface area (Å²) in [7, 11) is 0. The second-order valence-electron chi connectivity index (χ2n) is 5.24. The highest BCUT2D eigenvalue weighted by molar-refractivity contribution is 5.76. The van der Waals surface area contributed by atoms with Gasteiger partial charge in [-0.15, -0.1) is 0 Å². The van der Waals surface area contributed by atoms with E-state index < -0.39 is 0 Å². The summed E-state index contributed by atoms with van der Waals surface area (Å²) in [6.45, 7) is 2.32. The van der Waals surface area contributed by atoms with E-state index in [2.05, 4.69) is 11.9 Å². The van der Waals surface area contributed by atoms with Crippen LogP contribution in [0.15, 0.2) is 22.6 Å². The Balaban J connectivity index is 1.90. The Labute approximate surface area is 101 Å². The molecule has 1 saturated carbocycles. The number of fused-ring (bicyclic) bond motifs is 1. The average molecular weight is 230 g/mol. The van der Waals surface area contributed by atoms with Gasteiger partial charge in [-0.3, -0.25) is 0 Å². The van der Waals surface area contributed by atoms with Crippen LogP contribution in [0.4, 0.5) is 5.69 Å². The minimum atomic E-state index is 0.500. The molecular formula is C14H18N2O. The fourth-order valence-corrected chi connectivity index (χ4v) is 2.64. The zero-order valence-corrected chi connectivity index (χ0v) is 10.1. The van der Waals surface area contributed by atoms with Crippen molar-refractivity contribution in [1.29, 1.82) is 0 Å². The number of nitrogens with zero attached hydrogens (tertiary/aromatic N) is 1. The molecule has 1 aromatic heterocycles. The van der Waals surface area contributed by atoms with Crippen LogP contribution in [0.5, 0.6) is 0 Å². The molecule has 3 heteroatoms. The Kier molecular flexibility index (Phi) is 2.54. The van der Waals surface area contributed by atoms with Gasteiger partial charge in [0.05, 0.1) is 0 Å². The summed E-state index contributed by atoms with van der Waals surface area (Å²) < 4.78 is 5.83. The number of rotatable bonds is 1. The lowest BCUT2D eigenvalue weighted by atomic mass is 9.83. The Hall–Kier alpha value is -1.51. The summed E-state index contributed by atoms with van der Waals surface area (Å²) in [6.07, 6.45) is 4.96. The van der Waals surface area contributed by atoms with Crippen LogP contribution < -0.4 is 5.73 Å². The lowest BCUT2D eigenvalue weighted by Gasteiger charge is -2.23. The SMILES string of the molecule is CC1CCC(c2nc3cc(N)ccc3o2)CC1. The van der Waals surface area contributed by atoms with E-state index in [0.29, 0.717) is 5.92 Å². The second kappa shape index (κ2) is 4.06. The highest BCUT2D eigenvalue weighted by Crippen LogP contribution is 2.36. The van der Waals surface area contributed by atoms with Crippen LogP contribution in [0.25, 0.3) is 11.1 Å². The second-order valence-corrected chi connectivity index (χ2v) is 5.24. The molecule has 2 N–H and O–H groups in total. The van der Waals surface area contributed by atoms with Gasteiger partial charge in [0.25, 0.3) is 0 Å². The summed E-state index contributed by atoms with van der Waals surface area (Å²) in [5, 5.41) is 0. The van der Waals surface area contributed by atoms with Gasteiger partial charge < -0.3 is 10.2 Å². The van der Waals surface area contributed by atoms with Gasteiger partial charge in [-0.2, -0.15) is 0 Å². The first-order valence-corrected chi connectivity index (χ1v) is 6.38. The Morgan fingerprint density at radius 1 is 1.24 bits per heavy atom. The van der Waals surface area contributed by atoms with Gasteiger partial charge in [-0.25, -0.2) is 4.98 Å². The number of hydrogen-bond donors (Lipinski definition) is 1. The quantitative estimate of drug-likeness (QED) is 0.760. The van der Waals surface area contributed by atoms with Gasteiger partial charge in [-0.1, -0.05) is 6.92 Å². The van der Waals surface area contributed by atoms with E-state index in [1.54, 1.807) is 0 Å². The molecule has 0 atom stereocenters. The Bertz CT molecular complexity index is 524. The number of nitrogen functional groups attached to an aromatic ring is 1. The molecule has 0 aliphatic heterocycles. The minimum absolute atomic E-state index is 0.500. The highest BCUT2D eigenvalue weighted by atomic mass is 16.3. The lowest BCUT2D eigenvalue weighted by Crippen LogP contribution is -2.10. The third-order valence-electron chi connectivity index (χ3n) is 3.79. The largest absolute Gasteiger partial charge is 0.440 e. The zero-order chi connectivity index (χ0) is 11.8. The van der Waals surface area contributed by atoms with Gasteiger partial charge in [0, 0.05) is 11.6 Å². The molecule has 17 heavy (non-hydrogen) atoms. The summed E-state index contributed by atoms with van der Waals surface area (Å²) in [5.41, 5.74) is 8.24. The third kappa shape index (κ3) is 2.02. The zero-order valence-electron chi connectivity index (χ0n) is 10.1. The van der Waals surface area contributed by atoms with Crippen molar-refractivity contribution in [2.45, 2.75) is 38.5 Å². The molecule has 0 amide bonds. The molecule has 2 aromatic rings. The van der Waals surface area contributed by atoms with Crippen LogP contribution in [0.3, 0.4) is 0 Å². The predicted octanol–water partition coefficient (Wildman–Crippen LogP) is 3.70. The van der Waals surface area contributed by atoms with Crippen molar-refractivity contribution in [1.82, 2.24) is 4.98 Å². The summed E-state index contributed by atoms with van der Waals surface area (Å²) >= 11 is 0. The molecule has 0 bridgehead atoms. The predicted molar refractivity (Wildman–Crippen MR) is 68.8 cm³/mol. The normalized spacial score (nSPS) is 25.2. The molecule has 1 fully saturated rings. The van der Waals surface area contributed by atoms with Crippen molar-refractivity contribution >= 4 is 16.8 Å². The average Bonchev–Trinajstić information content (AvgIpc) is 2.72. The maximum Gasteiger partial charge on any atom is 0.198 e. The molecular weight excluding hydrogens is 212 g/mol. The molecule has 0 unspecified atom stereocenters. The van der Waals surface area contributed by atoms with Gasteiger partial charge >= 0.3 is 0 Å². The monoisotopic (exact) mass is 230 g/mol. The number of oxazole rings is 1. The van der Waals surface area contributed by atoms with Gasteiger partial charge in [0.2, 0.25) is 0 Å². The first-order valence-electron chi connectivity index (χ1n) is 6.38. The van der Waals surface area contributed by atoms with Crippen LogP contribution in [-0.2, 0) is 0 Å². The number of aromatic nitrogens is 1. The highest BCUT2D eigenvalue weighted by Gasteiger charge is 2.23. The first kappa shape index (κ1) is 10.6. The number of anilines is 1. The van der Waals surface area contributed by atoms with Crippen molar-refractivity contribution in [3.63, 3.8) is 0 Å². The van der Waals surface area contributed by atoms with Crippen molar-refractivity contribution < 1.29 is 4.42 Å². The standard InChI is InChI=1S/C14H18N2O/c1-9-2-4-10(5-3-9)14-16-12-8-11(15)6-7-13(12)17-14/h6-10H,2-5,15H2,1H3. The van der Waals surface area contributed by atoms with E-state index in [1.807, 2.05) is 18.2 Å². The molecule has 3 nitrogen and oxygen atoms in total. The molecule has 90 valence electrons. The van der Waals surface area contributed by atoms with E-state index >= 15 is 0 Å². The van der Waals surface area contributed by atoms with Crippen LogP contribution in [-0.4, -0.2) is 4.98 Å². The fraction of sp³-hybridized carbons (Fsp3) is 0.500. The molecule has 0 spiro atoms. The molecule has 1 heterocycles. The van der Waals surface area contributed by atoms with E-state index in [1.165, 1.54) is 25.7 Å². The van der Waals surface area contributed by atoms with Crippen LogP contribution >= 0.6 is 0 Å². The molecule has 0 saturated heterocycles. The topological polar surface area (TPSA) is 52.0 Å². The van der Waals surface area contributed by atoms with Crippen molar-refractivity contribution in [3.8, 4) is 0 Å². The summed E-state index contributed by atoms with van der Waals surface area (Å²) in [5.74, 6) is 2.25. The summed E-state index contributed by atoms with van der Waals surface area (Å²) in [6, 6.07) is 5.65. The maximum absolute atomic E-state index is 5.83. The lowest BCUT2D eigenvalue weighted by molar-refractivity contribution is 0.312. The molecule has 0 radical (unpaired) electrons. The van der Waals surface area contributed by atoms with E-state index in [0.717, 1.165) is 28.6 Å². The van der Waals surface area contributed by atoms with E-state index in [4.69, 9.17) is 10.2 Å². The molecule has 3 rings (SSSR count).